The zero-order chi connectivity index (χ0) is 32.1. The molecule has 2 amide bonds. The lowest BCUT2D eigenvalue weighted by Crippen LogP contribution is -2.54. The predicted octanol–water partition coefficient (Wildman–Crippen LogP) is 6.60. The molecule has 3 rings (SSSR count). The van der Waals surface area contributed by atoms with Crippen LogP contribution in [0.3, 0.4) is 0 Å². The number of carbonyl (C=O) groups excluding carboxylic acids is 2. The van der Waals surface area contributed by atoms with E-state index in [1.165, 1.54) is 12.1 Å². The number of hydrogen-bond donors (Lipinski definition) is 1. The molecule has 0 heterocycles. The van der Waals surface area contributed by atoms with Gasteiger partial charge in [-0.15, -0.1) is 0 Å². The van der Waals surface area contributed by atoms with Gasteiger partial charge in [0.05, 0.1) is 22.5 Å². The van der Waals surface area contributed by atoms with E-state index < -0.39 is 51.9 Å². The quantitative estimate of drug-likeness (QED) is 0.248. The largest absolute Gasteiger partial charge is 0.416 e. The molecular formula is C29H29Cl3F3N3O4S. The summed E-state index contributed by atoms with van der Waals surface area (Å²) in [7, 11) is -4.36. The normalized spacial score (nSPS) is 12.6. The van der Waals surface area contributed by atoms with Crippen molar-refractivity contribution in [2.75, 3.05) is 17.1 Å². The van der Waals surface area contributed by atoms with Crippen LogP contribution in [0, 0.1) is 0 Å². The number of nitrogens with zero attached hydrogens (tertiary/aromatic N) is 2. The minimum Gasteiger partial charge on any atom is -0.352 e. The standard InChI is InChI=1S/C29H29Cl3F3N3O4S/c1-18(2)36-28(40)26(14-19-8-5-4-6-9-19)37(16-21-22(30)10-7-11-23(21)31)27(39)17-38(43(3,41)42)25-15-20(29(33,34)35)12-13-24(25)32/h4-13,15,18,26H,14,16-17H2,1-3H3,(H,36,40)/t26-/m1/s1. The van der Waals surface area contributed by atoms with E-state index in [0.29, 0.717) is 22.0 Å². The Hall–Kier alpha value is -2.99. The van der Waals surface area contributed by atoms with Crippen LogP contribution in [0.15, 0.2) is 66.7 Å². The van der Waals surface area contributed by atoms with Crippen molar-refractivity contribution in [1.29, 1.82) is 0 Å². The highest BCUT2D eigenvalue weighted by atomic mass is 35.5. The summed E-state index contributed by atoms with van der Waals surface area (Å²) < 4.78 is 66.8. The van der Waals surface area contributed by atoms with Gasteiger partial charge in [-0.3, -0.25) is 13.9 Å². The van der Waals surface area contributed by atoms with Crippen molar-refractivity contribution in [2.24, 2.45) is 0 Å². The van der Waals surface area contributed by atoms with Crippen molar-refractivity contribution < 1.29 is 31.2 Å². The zero-order valence-corrected chi connectivity index (χ0v) is 26.4. The van der Waals surface area contributed by atoms with Crippen LogP contribution in [0.4, 0.5) is 18.9 Å². The van der Waals surface area contributed by atoms with Crippen LogP contribution >= 0.6 is 34.8 Å². The first kappa shape index (κ1) is 34.5. The van der Waals surface area contributed by atoms with Crippen LogP contribution in [-0.4, -0.2) is 50.0 Å². The average Bonchev–Trinajstić information content (AvgIpc) is 2.90. The summed E-state index contributed by atoms with van der Waals surface area (Å²) in [5.41, 5.74) is -0.728. The molecule has 0 spiro atoms. The highest BCUT2D eigenvalue weighted by Gasteiger charge is 2.36. The van der Waals surface area contributed by atoms with Gasteiger partial charge in [0.2, 0.25) is 21.8 Å². The molecule has 232 valence electrons. The molecule has 0 aromatic heterocycles. The molecule has 1 atom stereocenters. The van der Waals surface area contributed by atoms with Crippen LogP contribution in [-0.2, 0) is 38.8 Å². The van der Waals surface area contributed by atoms with E-state index in [4.69, 9.17) is 34.8 Å². The second-order valence-corrected chi connectivity index (χ2v) is 13.2. The van der Waals surface area contributed by atoms with Crippen LogP contribution in [0.25, 0.3) is 0 Å². The number of halogens is 6. The molecule has 3 aromatic carbocycles. The summed E-state index contributed by atoms with van der Waals surface area (Å²) in [5.74, 6) is -1.45. The van der Waals surface area contributed by atoms with Gasteiger partial charge in [-0.1, -0.05) is 71.2 Å². The van der Waals surface area contributed by atoms with Gasteiger partial charge in [-0.2, -0.15) is 13.2 Å². The smallest absolute Gasteiger partial charge is 0.352 e. The number of carbonyl (C=O) groups is 2. The second-order valence-electron chi connectivity index (χ2n) is 10.0. The van der Waals surface area contributed by atoms with Gasteiger partial charge in [0.1, 0.15) is 12.6 Å². The van der Waals surface area contributed by atoms with Gasteiger partial charge in [-0.05, 0) is 49.7 Å². The van der Waals surface area contributed by atoms with E-state index in [2.05, 4.69) is 5.32 Å². The third-order valence-electron chi connectivity index (χ3n) is 6.31. The first-order valence-corrected chi connectivity index (χ1v) is 15.9. The lowest BCUT2D eigenvalue weighted by atomic mass is 10.0. The van der Waals surface area contributed by atoms with Gasteiger partial charge >= 0.3 is 6.18 Å². The van der Waals surface area contributed by atoms with E-state index >= 15 is 0 Å². The molecule has 43 heavy (non-hydrogen) atoms. The van der Waals surface area contributed by atoms with Crippen molar-refractivity contribution in [3.63, 3.8) is 0 Å². The lowest BCUT2D eigenvalue weighted by molar-refractivity contribution is -0.140. The molecular weight excluding hydrogens is 650 g/mol. The molecule has 1 N–H and O–H groups in total. The van der Waals surface area contributed by atoms with Crippen LogP contribution in [0.1, 0.15) is 30.5 Å². The second kappa shape index (κ2) is 14.2. The highest BCUT2D eigenvalue weighted by molar-refractivity contribution is 7.92. The van der Waals surface area contributed by atoms with Gasteiger partial charge < -0.3 is 10.2 Å². The van der Waals surface area contributed by atoms with Crippen LogP contribution < -0.4 is 9.62 Å². The SMILES string of the molecule is CC(C)NC(=O)[C@@H](Cc1ccccc1)N(Cc1c(Cl)cccc1Cl)C(=O)CN(c1cc(C(F)(F)F)ccc1Cl)S(C)(=O)=O. The number of anilines is 1. The topological polar surface area (TPSA) is 86.8 Å². The van der Waals surface area contributed by atoms with Gasteiger partial charge in [0, 0.05) is 34.6 Å². The summed E-state index contributed by atoms with van der Waals surface area (Å²) in [4.78, 5) is 28.8. The molecule has 0 saturated carbocycles. The third kappa shape index (κ3) is 9.25. The summed E-state index contributed by atoms with van der Waals surface area (Å²) in [5, 5.41) is 2.83. The Morgan fingerprint density at radius 3 is 2.05 bits per heavy atom. The molecule has 14 heteroatoms. The molecule has 0 saturated heterocycles. The zero-order valence-electron chi connectivity index (χ0n) is 23.3. The molecule has 0 aliphatic carbocycles. The number of sulfonamides is 1. The van der Waals surface area contributed by atoms with Crippen LogP contribution in [0.5, 0.6) is 0 Å². The Morgan fingerprint density at radius 2 is 1.51 bits per heavy atom. The summed E-state index contributed by atoms with van der Waals surface area (Å²) in [6.45, 7) is 2.18. The number of alkyl halides is 3. The predicted molar refractivity (Wildman–Crippen MR) is 163 cm³/mol. The Balaban J connectivity index is 2.16. The Morgan fingerprint density at radius 1 is 0.907 bits per heavy atom. The molecule has 0 bridgehead atoms. The van der Waals surface area contributed by atoms with Crippen molar-refractivity contribution in [3.8, 4) is 0 Å². The van der Waals surface area contributed by atoms with E-state index in [1.807, 2.05) is 0 Å². The molecule has 0 fully saturated rings. The molecule has 0 radical (unpaired) electrons. The highest BCUT2D eigenvalue weighted by Crippen LogP contribution is 2.36. The van der Waals surface area contributed by atoms with Crippen molar-refractivity contribution in [2.45, 2.75) is 45.1 Å². The van der Waals surface area contributed by atoms with Crippen molar-refractivity contribution >= 4 is 62.3 Å². The molecule has 7 nitrogen and oxygen atoms in total. The first-order valence-electron chi connectivity index (χ1n) is 12.9. The first-order chi connectivity index (χ1) is 20.0. The average molecular weight is 679 g/mol. The van der Waals surface area contributed by atoms with Crippen molar-refractivity contribution in [3.05, 3.63) is 98.5 Å². The Kier molecular flexibility index (Phi) is 11.4. The summed E-state index contributed by atoms with van der Waals surface area (Å²) in [6, 6.07) is 14.1. The number of rotatable bonds is 11. The number of hydrogen-bond acceptors (Lipinski definition) is 4. The van der Waals surface area contributed by atoms with Crippen LogP contribution in [0.2, 0.25) is 15.1 Å². The van der Waals surface area contributed by atoms with E-state index in [9.17, 15) is 31.2 Å². The van der Waals surface area contributed by atoms with E-state index in [0.717, 1.165) is 17.2 Å². The van der Waals surface area contributed by atoms with Crippen molar-refractivity contribution in [1.82, 2.24) is 10.2 Å². The molecule has 0 aliphatic rings. The number of nitrogens with one attached hydrogen (secondary N) is 1. The van der Waals surface area contributed by atoms with E-state index in [1.54, 1.807) is 50.2 Å². The molecule has 0 unspecified atom stereocenters. The van der Waals surface area contributed by atoms with Gasteiger partial charge in [-0.25, -0.2) is 8.42 Å². The van der Waals surface area contributed by atoms with Gasteiger partial charge in [0.15, 0.2) is 0 Å². The fraction of sp³-hybridized carbons (Fsp3) is 0.310. The maximum atomic E-state index is 14.1. The maximum Gasteiger partial charge on any atom is 0.416 e. The number of benzene rings is 3. The minimum atomic E-state index is -4.81. The van der Waals surface area contributed by atoms with Gasteiger partial charge in [0.25, 0.3) is 0 Å². The maximum absolute atomic E-state index is 14.1. The minimum absolute atomic E-state index is 0.0242. The fourth-order valence-electron chi connectivity index (χ4n) is 4.26. The summed E-state index contributed by atoms with van der Waals surface area (Å²) in [6.07, 6.45) is -4.05. The monoisotopic (exact) mass is 677 g/mol. The molecule has 3 aromatic rings. The number of amides is 2. The molecule has 0 aliphatic heterocycles. The third-order valence-corrected chi connectivity index (χ3v) is 8.47. The Labute approximate surface area is 263 Å². The lowest BCUT2D eigenvalue weighted by Gasteiger charge is -2.34. The fourth-order valence-corrected chi connectivity index (χ4v) is 5.90. The van der Waals surface area contributed by atoms with E-state index in [-0.39, 0.29) is 39.6 Å². The Bertz CT molecular complexity index is 1550. The summed E-state index contributed by atoms with van der Waals surface area (Å²) >= 11 is 19.0.